The number of hydrogen-bond acceptors (Lipinski definition) is 6. The fourth-order valence-electron chi connectivity index (χ4n) is 3.08. The Labute approximate surface area is 191 Å². The number of nitrogens with zero attached hydrogens (tertiary/aromatic N) is 3. The fourth-order valence-corrected chi connectivity index (χ4v) is 3.94. The number of benzene rings is 2. The van der Waals surface area contributed by atoms with Crippen LogP contribution in [0.1, 0.15) is 33.9 Å². The first kappa shape index (κ1) is 22.7. The zero-order chi connectivity index (χ0) is 23.4. The third kappa shape index (κ3) is 6.04. The van der Waals surface area contributed by atoms with Crippen molar-refractivity contribution in [3.8, 4) is 11.5 Å². The summed E-state index contributed by atoms with van der Waals surface area (Å²) in [5.41, 5.74) is 1.76. The Balaban J connectivity index is 1.30. The molecule has 0 unspecified atom stereocenters. The highest BCUT2D eigenvalue weighted by Gasteiger charge is 2.30. The van der Waals surface area contributed by atoms with Crippen LogP contribution in [0.15, 0.2) is 59.1 Å². The van der Waals surface area contributed by atoms with Crippen molar-refractivity contribution in [3.05, 3.63) is 82.2 Å². The van der Waals surface area contributed by atoms with Gasteiger partial charge in [-0.25, -0.2) is 4.98 Å². The van der Waals surface area contributed by atoms with Gasteiger partial charge in [0, 0.05) is 35.9 Å². The second-order valence-electron chi connectivity index (χ2n) is 7.42. The van der Waals surface area contributed by atoms with Crippen LogP contribution in [-0.4, -0.2) is 21.1 Å². The van der Waals surface area contributed by atoms with Gasteiger partial charge in [-0.2, -0.15) is 13.2 Å². The van der Waals surface area contributed by atoms with Crippen LogP contribution in [0.3, 0.4) is 0 Å². The average Bonchev–Trinajstić information content (AvgIpc) is 3.42. The Hall–Kier alpha value is -3.53. The number of carbonyl (C=O) groups excluding carboxylic acids is 1. The number of alkyl halides is 3. The summed E-state index contributed by atoms with van der Waals surface area (Å²) in [6.45, 7) is 1.98. The van der Waals surface area contributed by atoms with Crippen LogP contribution in [0.5, 0.6) is 0 Å². The van der Waals surface area contributed by atoms with E-state index in [1.165, 1.54) is 17.4 Å². The maximum atomic E-state index is 12.9. The summed E-state index contributed by atoms with van der Waals surface area (Å²) in [5.74, 6) is 0.472. The molecule has 6 nitrogen and oxygen atoms in total. The van der Waals surface area contributed by atoms with E-state index in [4.69, 9.17) is 4.42 Å². The van der Waals surface area contributed by atoms with Crippen LogP contribution in [-0.2, 0) is 23.8 Å². The molecule has 0 fully saturated rings. The number of anilines is 1. The third-order valence-electron chi connectivity index (χ3n) is 4.76. The summed E-state index contributed by atoms with van der Waals surface area (Å²) in [6, 6.07) is 12.8. The topological polar surface area (TPSA) is 80.9 Å². The molecular formula is C23H19F3N4O2S. The van der Waals surface area contributed by atoms with E-state index in [0.717, 1.165) is 28.1 Å². The normalized spacial score (nSPS) is 11.5. The van der Waals surface area contributed by atoms with Crippen molar-refractivity contribution in [2.45, 2.75) is 32.4 Å². The van der Waals surface area contributed by atoms with Gasteiger partial charge in [0.1, 0.15) is 0 Å². The molecule has 170 valence electrons. The van der Waals surface area contributed by atoms with Crippen LogP contribution < -0.4 is 5.32 Å². The minimum absolute atomic E-state index is 0.123. The van der Waals surface area contributed by atoms with Crippen molar-refractivity contribution in [2.24, 2.45) is 0 Å². The highest BCUT2D eigenvalue weighted by molar-refractivity contribution is 7.15. The van der Waals surface area contributed by atoms with Gasteiger partial charge in [-0.3, -0.25) is 4.79 Å². The summed E-state index contributed by atoms with van der Waals surface area (Å²) < 4.78 is 44.3. The first-order valence-electron chi connectivity index (χ1n) is 10.1. The van der Waals surface area contributed by atoms with E-state index in [2.05, 4.69) is 20.5 Å². The molecule has 0 aliphatic rings. The van der Waals surface area contributed by atoms with E-state index in [-0.39, 0.29) is 18.7 Å². The summed E-state index contributed by atoms with van der Waals surface area (Å²) in [6.07, 6.45) is -2.15. The molecule has 4 aromatic rings. The lowest BCUT2D eigenvalue weighted by atomic mass is 10.1. The number of nitrogens with one attached hydrogen (secondary N) is 1. The first-order chi connectivity index (χ1) is 15.8. The third-order valence-corrected chi connectivity index (χ3v) is 5.68. The van der Waals surface area contributed by atoms with Gasteiger partial charge in [-0.05, 0) is 30.7 Å². The van der Waals surface area contributed by atoms with Gasteiger partial charge in [0.25, 0.3) is 0 Å². The molecule has 0 bridgehead atoms. The maximum Gasteiger partial charge on any atom is 0.416 e. The van der Waals surface area contributed by atoms with E-state index < -0.39 is 11.7 Å². The maximum absolute atomic E-state index is 12.9. The molecule has 0 spiro atoms. The smallest absolute Gasteiger partial charge is 0.416 e. The number of rotatable bonds is 7. The fraction of sp³-hybridized carbons (Fsp3) is 0.217. The number of thiazole rings is 1. The first-order valence-corrected chi connectivity index (χ1v) is 10.9. The largest absolute Gasteiger partial charge is 0.421 e. The van der Waals surface area contributed by atoms with Crippen LogP contribution in [0.25, 0.3) is 11.5 Å². The molecule has 2 aromatic carbocycles. The second kappa shape index (κ2) is 9.53. The number of halogens is 3. The molecule has 2 heterocycles. The molecule has 0 atom stereocenters. The van der Waals surface area contributed by atoms with E-state index in [1.54, 1.807) is 12.3 Å². The lowest BCUT2D eigenvalue weighted by Gasteiger charge is -2.07. The Morgan fingerprint density at radius 3 is 2.67 bits per heavy atom. The van der Waals surface area contributed by atoms with Gasteiger partial charge in [-0.15, -0.1) is 21.5 Å². The van der Waals surface area contributed by atoms with Gasteiger partial charge >= 0.3 is 6.18 Å². The van der Waals surface area contributed by atoms with Crippen molar-refractivity contribution in [1.82, 2.24) is 15.2 Å². The van der Waals surface area contributed by atoms with Gasteiger partial charge in [0.15, 0.2) is 5.13 Å². The van der Waals surface area contributed by atoms with Crippen LogP contribution in [0.4, 0.5) is 18.3 Å². The number of hydrogen-bond donors (Lipinski definition) is 1. The van der Waals surface area contributed by atoms with Gasteiger partial charge in [0.2, 0.25) is 17.7 Å². The summed E-state index contributed by atoms with van der Waals surface area (Å²) in [4.78, 5) is 17.1. The molecular weight excluding hydrogens is 453 g/mol. The Kier molecular flexibility index (Phi) is 6.55. The van der Waals surface area contributed by atoms with E-state index in [0.29, 0.717) is 28.9 Å². The quantitative estimate of drug-likeness (QED) is 0.374. The molecule has 0 aliphatic heterocycles. The molecule has 1 N–H and O–H groups in total. The minimum atomic E-state index is -4.39. The molecule has 0 aliphatic carbocycles. The Morgan fingerprint density at radius 2 is 1.91 bits per heavy atom. The van der Waals surface area contributed by atoms with Crippen molar-refractivity contribution < 1.29 is 22.4 Å². The molecule has 0 saturated heterocycles. The molecule has 33 heavy (non-hydrogen) atoms. The summed E-state index contributed by atoms with van der Waals surface area (Å²) in [7, 11) is 0. The predicted molar refractivity (Wildman–Crippen MR) is 118 cm³/mol. The highest BCUT2D eigenvalue weighted by atomic mass is 32.1. The molecule has 2 aromatic heterocycles. The van der Waals surface area contributed by atoms with Crippen LogP contribution in [0, 0.1) is 6.92 Å². The standard InChI is InChI=1S/C23H19F3N4O2S/c1-14-5-7-16(8-6-14)21-30-29-20(32-21)10-9-19(31)28-22-27-13-18(33-22)12-15-3-2-4-17(11-15)23(24,25)26/h2-8,11,13H,9-10,12H2,1H3,(H,27,28,31). The van der Waals surface area contributed by atoms with Crippen molar-refractivity contribution in [3.63, 3.8) is 0 Å². The lowest BCUT2D eigenvalue weighted by Crippen LogP contribution is -2.12. The molecule has 4 rings (SSSR count). The van der Waals surface area contributed by atoms with Crippen LogP contribution >= 0.6 is 11.3 Å². The van der Waals surface area contributed by atoms with E-state index in [1.807, 2.05) is 31.2 Å². The van der Waals surface area contributed by atoms with Gasteiger partial charge in [-0.1, -0.05) is 35.9 Å². The highest BCUT2D eigenvalue weighted by Crippen LogP contribution is 2.30. The Morgan fingerprint density at radius 1 is 1.12 bits per heavy atom. The van der Waals surface area contributed by atoms with E-state index >= 15 is 0 Å². The summed E-state index contributed by atoms with van der Waals surface area (Å²) >= 11 is 1.22. The number of carbonyl (C=O) groups is 1. The van der Waals surface area contributed by atoms with Gasteiger partial charge < -0.3 is 9.73 Å². The Bertz CT molecular complexity index is 1250. The lowest BCUT2D eigenvalue weighted by molar-refractivity contribution is -0.137. The second-order valence-corrected chi connectivity index (χ2v) is 8.54. The molecule has 0 saturated carbocycles. The van der Waals surface area contributed by atoms with Crippen molar-refractivity contribution in [2.75, 3.05) is 5.32 Å². The minimum Gasteiger partial charge on any atom is -0.421 e. The average molecular weight is 472 g/mol. The SMILES string of the molecule is Cc1ccc(-c2nnc(CCC(=O)Nc3ncc(Cc4cccc(C(F)(F)F)c4)s3)o2)cc1. The number of amides is 1. The molecule has 10 heteroatoms. The van der Waals surface area contributed by atoms with Gasteiger partial charge in [0.05, 0.1) is 5.56 Å². The predicted octanol–water partition coefficient (Wildman–Crippen LogP) is 5.68. The molecule has 1 amide bonds. The van der Waals surface area contributed by atoms with Crippen molar-refractivity contribution in [1.29, 1.82) is 0 Å². The summed E-state index contributed by atoms with van der Waals surface area (Å²) in [5, 5.41) is 11.1. The number of aryl methyl sites for hydroxylation is 2. The zero-order valence-corrected chi connectivity index (χ0v) is 18.3. The number of aromatic nitrogens is 3. The van der Waals surface area contributed by atoms with Crippen LogP contribution in [0.2, 0.25) is 0 Å². The zero-order valence-electron chi connectivity index (χ0n) is 17.5. The monoisotopic (exact) mass is 472 g/mol. The molecule has 0 radical (unpaired) electrons. The van der Waals surface area contributed by atoms with E-state index in [9.17, 15) is 18.0 Å². The van der Waals surface area contributed by atoms with Crippen molar-refractivity contribution >= 4 is 22.4 Å².